The standard InChI is InChI=1S/C5H11NO3S/c1-10-3-2-4(7)5(8)6-9/h4,7,9H,2-3H2,1H3,(H,6,8). The molecular weight excluding hydrogens is 154 g/mol. The molecule has 0 aromatic rings. The number of amides is 1. The fourth-order valence-corrected chi connectivity index (χ4v) is 0.894. The Morgan fingerprint density at radius 2 is 2.40 bits per heavy atom. The lowest BCUT2D eigenvalue weighted by atomic mass is 10.3. The molecule has 0 rings (SSSR count). The number of carbonyl (C=O) groups is 1. The van der Waals surface area contributed by atoms with E-state index < -0.39 is 12.0 Å². The third-order valence-electron chi connectivity index (χ3n) is 1.01. The normalized spacial score (nSPS) is 12.7. The van der Waals surface area contributed by atoms with Crippen molar-refractivity contribution in [2.24, 2.45) is 0 Å². The first-order valence-electron chi connectivity index (χ1n) is 2.83. The van der Waals surface area contributed by atoms with E-state index in [0.29, 0.717) is 12.2 Å². The van der Waals surface area contributed by atoms with Gasteiger partial charge in [-0.3, -0.25) is 10.0 Å². The minimum atomic E-state index is -1.09. The number of thioether (sulfide) groups is 1. The van der Waals surface area contributed by atoms with Crippen molar-refractivity contribution >= 4 is 17.7 Å². The van der Waals surface area contributed by atoms with Gasteiger partial charge in [-0.05, 0) is 18.4 Å². The molecule has 0 aliphatic heterocycles. The lowest BCUT2D eigenvalue weighted by molar-refractivity contribution is -0.137. The van der Waals surface area contributed by atoms with Gasteiger partial charge >= 0.3 is 0 Å². The third kappa shape index (κ3) is 3.71. The summed E-state index contributed by atoms with van der Waals surface area (Å²) < 4.78 is 0. The average Bonchev–Trinajstić information content (AvgIpc) is 1.98. The van der Waals surface area contributed by atoms with Crippen LogP contribution in [0.1, 0.15) is 6.42 Å². The monoisotopic (exact) mass is 165 g/mol. The van der Waals surface area contributed by atoms with Gasteiger partial charge in [0.15, 0.2) is 0 Å². The number of nitrogens with one attached hydrogen (secondary N) is 1. The number of hydrogen-bond donors (Lipinski definition) is 3. The molecule has 0 aromatic heterocycles. The molecule has 60 valence electrons. The first kappa shape index (κ1) is 9.74. The highest BCUT2D eigenvalue weighted by Crippen LogP contribution is 1.99. The quantitative estimate of drug-likeness (QED) is 0.392. The van der Waals surface area contributed by atoms with E-state index in [4.69, 9.17) is 10.3 Å². The van der Waals surface area contributed by atoms with E-state index in [-0.39, 0.29) is 0 Å². The SMILES string of the molecule is CSCCC(O)C(=O)NO. The van der Waals surface area contributed by atoms with Crippen molar-refractivity contribution in [3.63, 3.8) is 0 Å². The van der Waals surface area contributed by atoms with Crippen LogP contribution in [0.3, 0.4) is 0 Å². The van der Waals surface area contributed by atoms with Crippen molar-refractivity contribution in [2.75, 3.05) is 12.0 Å². The predicted molar refractivity (Wildman–Crippen MR) is 38.9 cm³/mol. The van der Waals surface area contributed by atoms with E-state index in [1.54, 1.807) is 0 Å². The molecule has 0 aromatic carbocycles. The van der Waals surface area contributed by atoms with Crippen LogP contribution >= 0.6 is 11.8 Å². The zero-order valence-electron chi connectivity index (χ0n) is 5.70. The van der Waals surface area contributed by atoms with Crippen LogP contribution in [-0.2, 0) is 4.79 Å². The van der Waals surface area contributed by atoms with Crippen LogP contribution in [0.4, 0.5) is 0 Å². The van der Waals surface area contributed by atoms with Crippen LogP contribution in [-0.4, -0.2) is 34.3 Å². The lowest BCUT2D eigenvalue weighted by Gasteiger charge is -2.05. The number of hydrogen-bond acceptors (Lipinski definition) is 4. The van der Waals surface area contributed by atoms with E-state index in [1.165, 1.54) is 17.2 Å². The predicted octanol–water partition coefficient (Wildman–Crippen LogP) is -0.394. The number of carbonyl (C=O) groups excluding carboxylic acids is 1. The molecule has 1 unspecified atom stereocenters. The Kier molecular flexibility index (Phi) is 5.38. The van der Waals surface area contributed by atoms with Gasteiger partial charge in [0.05, 0.1) is 0 Å². The summed E-state index contributed by atoms with van der Waals surface area (Å²) in [5, 5.41) is 16.9. The number of aliphatic hydroxyl groups is 1. The molecule has 5 heteroatoms. The zero-order valence-corrected chi connectivity index (χ0v) is 6.52. The van der Waals surface area contributed by atoms with Crippen molar-refractivity contribution in [2.45, 2.75) is 12.5 Å². The van der Waals surface area contributed by atoms with Gasteiger partial charge in [0.2, 0.25) is 0 Å². The summed E-state index contributed by atoms with van der Waals surface area (Å²) in [6.07, 6.45) is 1.16. The molecule has 0 spiro atoms. The Labute approximate surface area is 63.6 Å². The van der Waals surface area contributed by atoms with Gasteiger partial charge in [0.1, 0.15) is 6.10 Å². The lowest BCUT2D eigenvalue weighted by Crippen LogP contribution is -2.32. The number of rotatable bonds is 4. The number of aliphatic hydroxyl groups excluding tert-OH is 1. The second-order valence-electron chi connectivity index (χ2n) is 1.77. The largest absolute Gasteiger partial charge is 0.383 e. The maximum absolute atomic E-state index is 10.4. The summed E-state index contributed by atoms with van der Waals surface area (Å²) in [4.78, 5) is 10.4. The second kappa shape index (κ2) is 5.52. The van der Waals surface area contributed by atoms with E-state index >= 15 is 0 Å². The zero-order chi connectivity index (χ0) is 7.98. The molecule has 1 atom stereocenters. The molecule has 0 radical (unpaired) electrons. The van der Waals surface area contributed by atoms with Crippen LogP contribution in [0.5, 0.6) is 0 Å². The molecule has 0 fully saturated rings. The molecule has 0 saturated heterocycles. The summed E-state index contributed by atoms with van der Waals surface area (Å²) >= 11 is 1.54. The second-order valence-corrected chi connectivity index (χ2v) is 2.76. The Morgan fingerprint density at radius 3 is 2.80 bits per heavy atom. The van der Waals surface area contributed by atoms with Crippen LogP contribution < -0.4 is 5.48 Å². The fraction of sp³-hybridized carbons (Fsp3) is 0.800. The minimum Gasteiger partial charge on any atom is -0.383 e. The van der Waals surface area contributed by atoms with Gasteiger partial charge in [0.25, 0.3) is 5.91 Å². The molecule has 0 aliphatic rings. The maximum Gasteiger partial charge on any atom is 0.272 e. The molecule has 0 bridgehead atoms. The van der Waals surface area contributed by atoms with Gasteiger partial charge < -0.3 is 5.11 Å². The van der Waals surface area contributed by atoms with Gasteiger partial charge in [0, 0.05) is 0 Å². The van der Waals surface area contributed by atoms with E-state index in [9.17, 15) is 4.79 Å². The summed E-state index contributed by atoms with van der Waals surface area (Å²) in [5.41, 5.74) is 1.38. The van der Waals surface area contributed by atoms with Crippen LogP contribution in [0, 0.1) is 0 Å². The summed E-state index contributed by atoms with van der Waals surface area (Å²) in [5.74, 6) is -0.0387. The molecule has 4 nitrogen and oxygen atoms in total. The maximum atomic E-state index is 10.4. The Balaban J connectivity index is 3.41. The highest BCUT2D eigenvalue weighted by molar-refractivity contribution is 7.98. The summed E-state index contributed by atoms with van der Waals surface area (Å²) in [6, 6.07) is 0. The van der Waals surface area contributed by atoms with Crippen LogP contribution in [0.2, 0.25) is 0 Å². The Hall–Kier alpha value is -0.260. The van der Waals surface area contributed by atoms with E-state index in [2.05, 4.69) is 0 Å². The smallest absolute Gasteiger partial charge is 0.272 e. The van der Waals surface area contributed by atoms with E-state index in [0.717, 1.165) is 0 Å². The molecule has 3 N–H and O–H groups in total. The molecule has 0 saturated carbocycles. The van der Waals surface area contributed by atoms with Gasteiger partial charge in [-0.1, -0.05) is 0 Å². The van der Waals surface area contributed by atoms with Crippen molar-refractivity contribution < 1.29 is 15.1 Å². The summed E-state index contributed by atoms with van der Waals surface area (Å²) in [6.45, 7) is 0. The van der Waals surface area contributed by atoms with Gasteiger partial charge in [-0.25, -0.2) is 5.48 Å². The fourth-order valence-electron chi connectivity index (χ4n) is 0.435. The van der Waals surface area contributed by atoms with Crippen molar-refractivity contribution in [1.29, 1.82) is 0 Å². The van der Waals surface area contributed by atoms with E-state index in [1.807, 2.05) is 6.26 Å². The first-order chi connectivity index (χ1) is 4.72. The van der Waals surface area contributed by atoms with Crippen LogP contribution in [0.25, 0.3) is 0 Å². The third-order valence-corrected chi connectivity index (χ3v) is 1.65. The average molecular weight is 165 g/mol. The molecule has 0 heterocycles. The van der Waals surface area contributed by atoms with Crippen molar-refractivity contribution in [3.05, 3.63) is 0 Å². The number of hydroxylamine groups is 1. The van der Waals surface area contributed by atoms with Crippen molar-refractivity contribution in [1.82, 2.24) is 5.48 Å². The first-order valence-corrected chi connectivity index (χ1v) is 4.22. The Bertz CT molecular complexity index is 109. The molecule has 10 heavy (non-hydrogen) atoms. The van der Waals surface area contributed by atoms with Crippen LogP contribution in [0.15, 0.2) is 0 Å². The molecular formula is C5H11NO3S. The topological polar surface area (TPSA) is 69.6 Å². The van der Waals surface area contributed by atoms with Crippen molar-refractivity contribution in [3.8, 4) is 0 Å². The van der Waals surface area contributed by atoms with Gasteiger partial charge in [-0.15, -0.1) is 0 Å². The molecule has 0 aliphatic carbocycles. The van der Waals surface area contributed by atoms with Gasteiger partial charge in [-0.2, -0.15) is 11.8 Å². The summed E-state index contributed by atoms with van der Waals surface area (Å²) in [7, 11) is 0. The minimum absolute atomic E-state index is 0.369. The molecule has 1 amide bonds. The Morgan fingerprint density at radius 1 is 1.80 bits per heavy atom. The highest BCUT2D eigenvalue weighted by atomic mass is 32.2. The highest BCUT2D eigenvalue weighted by Gasteiger charge is 2.12.